The molecule has 0 unspecified atom stereocenters. The van der Waals surface area contributed by atoms with E-state index in [4.69, 9.17) is 4.74 Å². The van der Waals surface area contributed by atoms with Gasteiger partial charge in [0.25, 0.3) is 0 Å². The molecule has 0 aromatic carbocycles. The first-order chi connectivity index (χ1) is 9.40. The minimum atomic E-state index is -0.416. The van der Waals surface area contributed by atoms with Crippen LogP contribution < -0.4 is 0 Å². The molecule has 0 atom stereocenters. The van der Waals surface area contributed by atoms with Gasteiger partial charge in [-0.3, -0.25) is 0 Å². The standard InChI is InChI=1S/C17H24O3/c1-11(17(18)19-6)8-7-9-20-10-16-14(4)12(2)13(3)15(16)5/h7-8,16H,1,9-10H2,2-6H3/b8-7+. The summed E-state index contributed by atoms with van der Waals surface area (Å²) in [7, 11) is 1.34. The molecular weight excluding hydrogens is 252 g/mol. The van der Waals surface area contributed by atoms with Crippen LogP contribution in [-0.4, -0.2) is 26.3 Å². The number of allylic oxidation sites excluding steroid dienone is 2. The van der Waals surface area contributed by atoms with Gasteiger partial charge in [-0.1, -0.05) is 29.9 Å². The van der Waals surface area contributed by atoms with E-state index in [-0.39, 0.29) is 0 Å². The van der Waals surface area contributed by atoms with Crippen LogP contribution in [0.1, 0.15) is 27.7 Å². The Balaban J connectivity index is 2.42. The van der Waals surface area contributed by atoms with E-state index in [1.807, 2.05) is 0 Å². The Bertz CT molecular complexity index is 468. The van der Waals surface area contributed by atoms with Crippen molar-refractivity contribution >= 4 is 5.97 Å². The Morgan fingerprint density at radius 3 is 2.25 bits per heavy atom. The highest BCUT2D eigenvalue weighted by Crippen LogP contribution is 2.36. The second-order valence-electron chi connectivity index (χ2n) is 5.13. The number of hydrogen-bond donors (Lipinski definition) is 0. The van der Waals surface area contributed by atoms with E-state index in [1.54, 1.807) is 12.2 Å². The largest absolute Gasteiger partial charge is 0.465 e. The number of carbonyl (C=O) groups excluding carboxylic acids is 1. The number of rotatable bonds is 6. The fourth-order valence-electron chi connectivity index (χ4n) is 2.33. The van der Waals surface area contributed by atoms with Crippen molar-refractivity contribution < 1.29 is 14.3 Å². The molecule has 0 saturated carbocycles. The third-order valence-electron chi connectivity index (χ3n) is 4.06. The van der Waals surface area contributed by atoms with Crippen LogP contribution in [0, 0.1) is 5.92 Å². The molecule has 20 heavy (non-hydrogen) atoms. The quantitative estimate of drug-likeness (QED) is 0.322. The smallest absolute Gasteiger partial charge is 0.337 e. The van der Waals surface area contributed by atoms with Crippen molar-refractivity contribution in [1.82, 2.24) is 0 Å². The lowest BCUT2D eigenvalue weighted by atomic mass is 9.98. The van der Waals surface area contributed by atoms with Crippen LogP contribution in [0.15, 0.2) is 46.6 Å². The third kappa shape index (κ3) is 3.70. The van der Waals surface area contributed by atoms with Gasteiger partial charge in [-0.05, 0) is 38.8 Å². The zero-order valence-corrected chi connectivity index (χ0v) is 13.1. The lowest BCUT2D eigenvalue weighted by Gasteiger charge is -2.14. The molecule has 3 nitrogen and oxygen atoms in total. The zero-order valence-electron chi connectivity index (χ0n) is 13.1. The lowest BCUT2D eigenvalue weighted by Crippen LogP contribution is -2.10. The molecule has 0 aromatic rings. The Kier molecular flexibility index (Phi) is 5.96. The number of carbonyl (C=O) groups is 1. The molecule has 0 aliphatic heterocycles. The van der Waals surface area contributed by atoms with Crippen molar-refractivity contribution in [2.75, 3.05) is 20.3 Å². The minimum absolute atomic E-state index is 0.329. The predicted octanol–water partition coefficient (Wildman–Crippen LogP) is 3.59. The monoisotopic (exact) mass is 276 g/mol. The van der Waals surface area contributed by atoms with E-state index in [9.17, 15) is 4.79 Å². The van der Waals surface area contributed by atoms with Crippen LogP contribution in [0.2, 0.25) is 0 Å². The van der Waals surface area contributed by atoms with Gasteiger partial charge in [0, 0.05) is 5.92 Å². The fraction of sp³-hybridized carbons (Fsp3) is 0.471. The molecule has 0 radical (unpaired) electrons. The van der Waals surface area contributed by atoms with Gasteiger partial charge >= 0.3 is 5.97 Å². The van der Waals surface area contributed by atoms with Crippen LogP contribution in [0.25, 0.3) is 0 Å². The molecule has 0 saturated heterocycles. The molecule has 0 N–H and O–H groups in total. The minimum Gasteiger partial charge on any atom is -0.465 e. The first-order valence-electron chi connectivity index (χ1n) is 6.76. The molecule has 1 rings (SSSR count). The van der Waals surface area contributed by atoms with Crippen molar-refractivity contribution in [3.63, 3.8) is 0 Å². The third-order valence-corrected chi connectivity index (χ3v) is 4.06. The molecule has 110 valence electrons. The van der Waals surface area contributed by atoms with Gasteiger partial charge in [0.15, 0.2) is 0 Å². The summed E-state index contributed by atoms with van der Waals surface area (Å²) in [6.45, 7) is 13.4. The Morgan fingerprint density at radius 2 is 1.75 bits per heavy atom. The first-order valence-corrected chi connectivity index (χ1v) is 6.76. The molecule has 0 amide bonds. The Hall–Kier alpha value is -1.61. The van der Waals surface area contributed by atoms with E-state index < -0.39 is 5.97 Å². The second kappa shape index (κ2) is 7.25. The van der Waals surface area contributed by atoms with Gasteiger partial charge in [-0.15, -0.1) is 0 Å². The van der Waals surface area contributed by atoms with Crippen LogP contribution in [0.5, 0.6) is 0 Å². The number of methoxy groups -OCH3 is 1. The summed E-state index contributed by atoms with van der Waals surface area (Å²) in [4.78, 5) is 11.1. The number of esters is 1. The first kappa shape index (κ1) is 16.4. The van der Waals surface area contributed by atoms with Crippen molar-refractivity contribution in [1.29, 1.82) is 0 Å². The van der Waals surface area contributed by atoms with E-state index in [0.717, 1.165) is 0 Å². The van der Waals surface area contributed by atoms with Gasteiger partial charge in [0.1, 0.15) is 0 Å². The molecular formula is C17H24O3. The topological polar surface area (TPSA) is 35.5 Å². The van der Waals surface area contributed by atoms with Crippen molar-refractivity contribution in [2.45, 2.75) is 27.7 Å². The summed E-state index contributed by atoms with van der Waals surface area (Å²) in [5.74, 6) is -0.0342. The van der Waals surface area contributed by atoms with Crippen molar-refractivity contribution in [3.05, 3.63) is 46.6 Å². The highest BCUT2D eigenvalue weighted by Gasteiger charge is 2.23. The molecule has 0 fully saturated rings. The summed E-state index contributed by atoms with van der Waals surface area (Å²) < 4.78 is 10.2. The molecule has 3 heteroatoms. The molecule has 0 spiro atoms. The molecule has 1 aliphatic carbocycles. The van der Waals surface area contributed by atoms with E-state index in [1.165, 1.54) is 29.4 Å². The van der Waals surface area contributed by atoms with Crippen LogP contribution >= 0.6 is 0 Å². The maximum Gasteiger partial charge on any atom is 0.337 e. The fourth-order valence-corrected chi connectivity index (χ4v) is 2.33. The SMILES string of the molecule is C=C(/C=C/COCC1C(C)=C(C)C(C)=C1C)C(=O)OC. The van der Waals surface area contributed by atoms with E-state index in [0.29, 0.717) is 24.7 Å². The van der Waals surface area contributed by atoms with Crippen LogP contribution in [0.4, 0.5) is 0 Å². The van der Waals surface area contributed by atoms with Gasteiger partial charge in [0.2, 0.25) is 0 Å². The predicted molar refractivity (Wildman–Crippen MR) is 81.4 cm³/mol. The van der Waals surface area contributed by atoms with E-state index >= 15 is 0 Å². The normalized spacial score (nSPS) is 16.4. The zero-order chi connectivity index (χ0) is 15.3. The Labute approximate surface area is 121 Å². The summed E-state index contributed by atoms with van der Waals surface area (Å²) in [6, 6.07) is 0. The van der Waals surface area contributed by atoms with Gasteiger partial charge in [-0.2, -0.15) is 0 Å². The average molecular weight is 276 g/mol. The highest BCUT2D eigenvalue weighted by molar-refractivity contribution is 5.90. The number of ether oxygens (including phenoxy) is 2. The summed E-state index contributed by atoms with van der Waals surface area (Å²) >= 11 is 0. The second-order valence-corrected chi connectivity index (χ2v) is 5.13. The average Bonchev–Trinajstić information content (AvgIpc) is 2.62. The number of hydrogen-bond acceptors (Lipinski definition) is 3. The van der Waals surface area contributed by atoms with Crippen LogP contribution in [-0.2, 0) is 14.3 Å². The molecule has 1 aliphatic rings. The summed E-state index contributed by atoms with van der Waals surface area (Å²) in [6.07, 6.45) is 3.41. The molecule has 0 aromatic heterocycles. The maximum absolute atomic E-state index is 11.1. The van der Waals surface area contributed by atoms with Crippen molar-refractivity contribution in [3.8, 4) is 0 Å². The van der Waals surface area contributed by atoms with Gasteiger partial charge in [0.05, 0.1) is 25.9 Å². The Morgan fingerprint density at radius 1 is 1.20 bits per heavy atom. The molecule has 0 heterocycles. The maximum atomic E-state index is 11.1. The molecule has 0 bridgehead atoms. The van der Waals surface area contributed by atoms with E-state index in [2.05, 4.69) is 39.0 Å². The van der Waals surface area contributed by atoms with Gasteiger partial charge in [-0.25, -0.2) is 4.79 Å². The summed E-state index contributed by atoms with van der Waals surface area (Å²) in [5, 5.41) is 0. The van der Waals surface area contributed by atoms with Crippen molar-refractivity contribution in [2.24, 2.45) is 5.92 Å². The summed E-state index contributed by atoms with van der Waals surface area (Å²) in [5.41, 5.74) is 5.87. The van der Waals surface area contributed by atoms with Crippen LogP contribution in [0.3, 0.4) is 0 Å². The van der Waals surface area contributed by atoms with Gasteiger partial charge < -0.3 is 9.47 Å². The highest BCUT2D eigenvalue weighted by atomic mass is 16.5. The lowest BCUT2D eigenvalue weighted by molar-refractivity contribution is -0.135.